The third-order valence-electron chi connectivity index (χ3n) is 1.94. The molecule has 16 heavy (non-hydrogen) atoms. The summed E-state index contributed by atoms with van der Waals surface area (Å²) in [5.41, 5.74) is 1.78. The van der Waals surface area contributed by atoms with Gasteiger partial charge in [-0.3, -0.25) is 4.98 Å². The first-order valence-electron chi connectivity index (χ1n) is 4.96. The molecule has 0 saturated carbocycles. The fourth-order valence-electron chi connectivity index (χ4n) is 1.18. The Morgan fingerprint density at radius 3 is 3.00 bits per heavy atom. The van der Waals surface area contributed by atoms with Gasteiger partial charge < -0.3 is 5.32 Å². The van der Waals surface area contributed by atoms with Crippen molar-refractivity contribution in [2.24, 2.45) is 0 Å². The third kappa shape index (κ3) is 2.56. The van der Waals surface area contributed by atoms with Crippen molar-refractivity contribution < 1.29 is 0 Å². The number of aromatic nitrogens is 3. The Morgan fingerprint density at radius 1 is 1.44 bits per heavy atom. The lowest BCUT2D eigenvalue weighted by Crippen LogP contribution is -2.04. The molecule has 4 nitrogen and oxygen atoms in total. The summed E-state index contributed by atoms with van der Waals surface area (Å²) < 4.78 is 0.884. The van der Waals surface area contributed by atoms with Crippen LogP contribution in [-0.4, -0.2) is 21.5 Å². The molecule has 0 bridgehead atoms. The molecule has 0 aromatic carbocycles. The molecule has 0 radical (unpaired) electrons. The van der Waals surface area contributed by atoms with Crippen LogP contribution < -0.4 is 5.32 Å². The molecule has 0 amide bonds. The summed E-state index contributed by atoms with van der Waals surface area (Å²) >= 11 is 4.96. The predicted molar refractivity (Wildman–Crippen MR) is 69.6 cm³/mol. The lowest BCUT2D eigenvalue weighted by molar-refractivity contribution is 0.963. The van der Waals surface area contributed by atoms with E-state index in [4.69, 9.17) is 0 Å². The minimum atomic E-state index is 0.712. The SMILES string of the molecule is CCCNc1nc(-c2cncs2)ncc1Br. The van der Waals surface area contributed by atoms with Gasteiger partial charge in [0.15, 0.2) is 5.82 Å². The molecule has 84 valence electrons. The topological polar surface area (TPSA) is 50.7 Å². The van der Waals surface area contributed by atoms with Gasteiger partial charge in [0.2, 0.25) is 0 Å². The third-order valence-corrected chi connectivity index (χ3v) is 3.29. The van der Waals surface area contributed by atoms with Crippen molar-refractivity contribution in [3.8, 4) is 10.7 Å². The highest BCUT2D eigenvalue weighted by Gasteiger charge is 2.07. The number of thiazole rings is 1. The second kappa shape index (κ2) is 5.36. The second-order valence-corrected chi connectivity index (χ2v) is 4.92. The van der Waals surface area contributed by atoms with E-state index in [0.29, 0.717) is 5.82 Å². The first-order chi connectivity index (χ1) is 7.81. The molecular formula is C10H11BrN4S. The van der Waals surface area contributed by atoms with Gasteiger partial charge in [-0.2, -0.15) is 0 Å². The van der Waals surface area contributed by atoms with E-state index in [9.17, 15) is 0 Å². The van der Waals surface area contributed by atoms with Crippen LogP contribution in [0.25, 0.3) is 10.7 Å². The van der Waals surface area contributed by atoms with Gasteiger partial charge in [0.25, 0.3) is 0 Å². The summed E-state index contributed by atoms with van der Waals surface area (Å²) in [6, 6.07) is 0. The van der Waals surface area contributed by atoms with Crippen molar-refractivity contribution in [2.45, 2.75) is 13.3 Å². The first kappa shape index (κ1) is 11.5. The number of hydrogen-bond donors (Lipinski definition) is 1. The number of nitrogens with one attached hydrogen (secondary N) is 1. The molecule has 6 heteroatoms. The van der Waals surface area contributed by atoms with Gasteiger partial charge in [0.1, 0.15) is 5.82 Å². The summed E-state index contributed by atoms with van der Waals surface area (Å²) in [6.45, 7) is 3.02. The van der Waals surface area contributed by atoms with Crippen LogP contribution in [0.15, 0.2) is 22.4 Å². The molecule has 0 unspecified atom stereocenters. The molecule has 0 aliphatic heterocycles. The van der Waals surface area contributed by atoms with Crippen LogP contribution in [0.1, 0.15) is 13.3 Å². The van der Waals surface area contributed by atoms with Crippen LogP contribution in [0.5, 0.6) is 0 Å². The van der Waals surface area contributed by atoms with E-state index >= 15 is 0 Å². The number of nitrogens with zero attached hydrogens (tertiary/aromatic N) is 3. The number of halogens is 1. The van der Waals surface area contributed by atoms with Gasteiger partial charge in [-0.05, 0) is 22.4 Å². The zero-order valence-corrected chi connectivity index (χ0v) is 11.2. The molecule has 2 aromatic heterocycles. The number of hydrogen-bond acceptors (Lipinski definition) is 5. The van der Waals surface area contributed by atoms with Crippen LogP contribution in [0.2, 0.25) is 0 Å². The Hall–Kier alpha value is -1.01. The summed E-state index contributed by atoms with van der Waals surface area (Å²) in [5.74, 6) is 1.55. The van der Waals surface area contributed by atoms with E-state index in [-0.39, 0.29) is 0 Å². The largest absolute Gasteiger partial charge is 0.369 e. The molecule has 2 aromatic rings. The zero-order valence-electron chi connectivity index (χ0n) is 8.77. The van der Waals surface area contributed by atoms with E-state index in [2.05, 4.69) is 43.1 Å². The Labute approximate surface area is 106 Å². The van der Waals surface area contributed by atoms with Crippen molar-refractivity contribution >= 4 is 33.1 Å². The monoisotopic (exact) mass is 298 g/mol. The van der Waals surface area contributed by atoms with Gasteiger partial charge in [0, 0.05) is 18.9 Å². The number of rotatable bonds is 4. The van der Waals surface area contributed by atoms with Crippen LogP contribution >= 0.6 is 27.3 Å². The minimum absolute atomic E-state index is 0.712. The maximum absolute atomic E-state index is 4.45. The molecule has 0 aliphatic carbocycles. The standard InChI is InChI=1S/C10H11BrN4S/c1-2-3-13-9-7(11)4-14-10(15-9)8-5-12-6-16-8/h4-6H,2-3H2,1H3,(H,13,14,15). The molecular weight excluding hydrogens is 288 g/mol. The molecule has 0 fully saturated rings. The molecule has 0 spiro atoms. The first-order valence-corrected chi connectivity index (χ1v) is 6.63. The van der Waals surface area contributed by atoms with Gasteiger partial charge in [-0.15, -0.1) is 11.3 Å². The van der Waals surface area contributed by atoms with Crippen molar-refractivity contribution in [2.75, 3.05) is 11.9 Å². The van der Waals surface area contributed by atoms with Gasteiger partial charge in [-0.25, -0.2) is 9.97 Å². The Kier molecular flexibility index (Phi) is 3.84. The molecule has 2 heterocycles. The molecule has 2 rings (SSSR count). The highest BCUT2D eigenvalue weighted by molar-refractivity contribution is 9.10. The maximum atomic E-state index is 4.45. The van der Waals surface area contributed by atoms with Crippen molar-refractivity contribution in [1.82, 2.24) is 15.0 Å². The van der Waals surface area contributed by atoms with Crippen LogP contribution in [0.3, 0.4) is 0 Å². The van der Waals surface area contributed by atoms with Crippen molar-refractivity contribution in [1.29, 1.82) is 0 Å². The van der Waals surface area contributed by atoms with Crippen molar-refractivity contribution in [3.05, 3.63) is 22.4 Å². The lowest BCUT2D eigenvalue weighted by Gasteiger charge is -2.06. The summed E-state index contributed by atoms with van der Waals surface area (Å²) in [5, 5.41) is 3.25. The Morgan fingerprint density at radius 2 is 2.31 bits per heavy atom. The normalized spacial score (nSPS) is 10.4. The van der Waals surface area contributed by atoms with Gasteiger partial charge >= 0.3 is 0 Å². The van der Waals surface area contributed by atoms with Gasteiger partial charge in [-0.1, -0.05) is 6.92 Å². The number of anilines is 1. The maximum Gasteiger partial charge on any atom is 0.173 e. The molecule has 0 saturated heterocycles. The van der Waals surface area contributed by atoms with Crippen LogP contribution in [0.4, 0.5) is 5.82 Å². The van der Waals surface area contributed by atoms with E-state index < -0.39 is 0 Å². The zero-order chi connectivity index (χ0) is 11.4. The summed E-state index contributed by atoms with van der Waals surface area (Å²) in [4.78, 5) is 13.7. The fourth-order valence-corrected chi connectivity index (χ4v) is 2.07. The molecule has 1 N–H and O–H groups in total. The smallest absolute Gasteiger partial charge is 0.173 e. The fraction of sp³-hybridized carbons (Fsp3) is 0.300. The highest BCUT2D eigenvalue weighted by Crippen LogP contribution is 2.24. The van der Waals surface area contributed by atoms with Crippen LogP contribution in [0, 0.1) is 0 Å². The quantitative estimate of drug-likeness (QED) is 0.942. The average Bonchev–Trinajstić information content (AvgIpc) is 2.81. The van der Waals surface area contributed by atoms with Gasteiger partial charge in [0.05, 0.1) is 14.9 Å². The lowest BCUT2D eigenvalue weighted by atomic mass is 10.4. The second-order valence-electron chi connectivity index (χ2n) is 3.18. The Bertz CT molecular complexity index is 458. The molecule has 0 atom stereocenters. The van der Waals surface area contributed by atoms with E-state index in [0.717, 1.165) is 28.1 Å². The minimum Gasteiger partial charge on any atom is -0.369 e. The van der Waals surface area contributed by atoms with Crippen molar-refractivity contribution in [3.63, 3.8) is 0 Å². The average molecular weight is 299 g/mol. The van der Waals surface area contributed by atoms with E-state index in [1.165, 1.54) is 11.3 Å². The summed E-state index contributed by atoms with van der Waals surface area (Å²) in [6.07, 6.45) is 4.60. The molecule has 0 aliphatic rings. The summed E-state index contributed by atoms with van der Waals surface area (Å²) in [7, 11) is 0. The Balaban J connectivity index is 2.28. The highest BCUT2D eigenvalue weighted by atomic mass is 79.9. The predicted octanol–water partition coefficient (Wildman–Crippen LogP) is 3.18. The van der Waals surface area contributed by atoms with E-state index in [1.54, 1.807) is 17.9 Å². The van der Waals surface area contributed by atoms with E-state index in [1.807, 2.05) is 0 Å². The van der Waals surface area contributed by atoms with Crippen LogP contribution in [-0.2, 0) is 0 Å².